The topological polar surface area (TPSA) is 340 Å². The van der Waals surface area contributed by atoms with Gasteiger partial charge in [-0.15, -0.1) is 0 Å². The smallest absolute Gasteiger partial charge is 0.870 e. The predicted octanol–water partition coefficient (Wildman–Crippen LogP) is 11.1. The summed E-state index contributed by atoms with van der Waals surface area (Å²) in [4.78, 5) is 82.5. The SMILES string of the molecule is C.COc1cc(Nc2ncnc(N)c2C)cc2c1C(=O)NC21CCCCC1.COc1ccc(CN2C(=O)c3c(OC)cc(Nc4ncnc(N)c4C)cc3C23CCCCC3)cc1.COc1ccc(CN2C(=O)c3c(OC)cc(Nc4ncnc(NC(=O)C5CC5)c4C)cc3C23CCCCC3)cc1.[K+].[OH-]. The molecular weight excluding hydrogens is 1350 g/mol. The number of rotatable bonds is 17. The molecule has 542 valence electrons. The average molecular weight is 1440 g/mol. The van der Waals surface area contributed by atoms with Crippen molar-refractivity contribution >= 4 is 75.6 Å². The fourth-order valence-corrected chi connectivity index (χ4v) is 15.7. The number of nitrogen functional groups attached to an aromatic ring is 2. The van der Waals surface area contributed by atoms with Gasteiger partial charge in [-0.2, -0.15) is 0 Å². The number of hydrogen-bond donors (Lipinski definition) is 7. The van der Waals surface area contributed by atoms with Gasteiger partial charge in [0.05, 0.1) is 68.9 Å². The van der Waals surface area contributed by atoms with E-state index in [0.29, 0.717) is 81.9 Å². The monoisotopic (exact) mass is 1440 g/mol. The van der Waals surface area contributed by atoms with E-state index in [0.717, 1.165) is 169 Å². The zero-order valence-corrected chi connectivity index (χ0v) is 63.3. The van der Waals surface area contributed by atoms with Crippen LogP contribution >= 0.6 is 0 Å². The summed E-state index contributed by atoms with van der Waals surface area (Å²) in [7, 11) is 8.11. The molecule has 25 nitrogen and oxygen atoms in total. The summed E-state index contributed by atoms with van der Waals surface area (Å²) in [6.07, 6.45) is 21.8. The molecule has 15 rings (SSSR count). The Morgan fingerprint density at radius 3 is 1.25 bits per heavy atom. The molecule has 0 saturated heterocycles. The largest absolute Gasteiger partial charge is 1.00 e. The van der Waals surface area contributed by atoms with Gasteiger partial charge in [0.1, 0.15) is 82.6 Å². The van der Waals surface area contributed by atoms with Gasteiger partial charge in [0, 0.05) is 71.0 Å². The van der Waals surface area contributed by atoms with Crippen molar-refractivity contribution in [2.24, 2.45) is 5.92 Å². The second-order valence-corrected chi connectivity index (χ2v) is 27.4. The van der Waals surface area contributed by atoms with Crippen molar-refractivity contribution in [2.75, 3.05) is 68.3 Å². The van der Waals surface area contributed by atoms with Crippen LogP contribution < -0.4 is 113 Å². The van der Waals surface area contributed by atoms with Gasteiger partial charge >= 0.3 is 51.4 Å². The molecule has 3 aliphatic heterocycles. The van der Waals surface area contributed by atoms with Crippen LogP contribution in [0.3, 0.4) is 0 Å². The van der Waals surface area contributed by atoms with Crippen molar-refractivity contribution in [3.8, 4) is 28.7 Å². The molecule has 0 unspecified atom stereocenters. The molecule has 8 aromatic rings. The number of benzene rings is 5. The number of methoxy groups -OCH3 is 5. The number of aromatic nitrogens is 6. The molecule has 4 amide bonds. The summed E-state index contributed by atoms with van der Waals surface area (Å²) in [5.74, 6) is 6.58. The molecule has 6 heterocycles. The van der Waals surface area contributed by atoms with Crippen molar-refractivity contribution in [1.82, 2.24) is 45.0 Å². The molecule has 0 radical (unpaired) electrons. The number of nitrogens with one attached hydrogen (secondary N) is 5. The molecule has 7 aliphatic rings. The zero-order chi connectivity index (χ0) is 70.7. The van der Waals surface area contributed by atoms with Crippen molar-refractivity contribution in [3.63, 3.8) is 0 Å². The third-order valence-corrected chi connectivity index (χ3v) is 21.4. The molecular formula is C78H94KN15O10. The zero-order valence-electron chi connectivity index (χ0n) is 60.2. The standard InChI is InChI=1S/C31H35N5O4.C27H31N5O3.C19H23N5O2.CH4.K.H2O/c1-19-27(32-18-33-28(19)35-29(37)21-9-10-21)34-22-15-24-26(25(16-22)40-3)30(38)36(31(24)13-5-4-6-14-31)17-20-7-11-23(39-2)12-8-20;1-17-24(28)29-16-30-25(17)31-19-13-21-23(22(14-19)35-3)26(33)32(27(21)11-5-4-6-12-27)15-18-7-9-20(34-2)10-8-18;1-11-16(20)21-10-22-17(11)23-12-8-13-15(14(9-12)26-2)18(25)24-19(13)6-4-3-5-7-19;;;/h7-8,11-12,15-16,18,21H,4-6,9-10,13-14,17H2,1-3H3,(H2,32,33,34,35,37);7-10,13-14,16H,4-6,11-12,15H2,1-3H3,(H3,28,29,30,31);8-10H,3-7H2,1-2H3,(H,24,25)(H3,20,21,22,23);1H4;;1H2/q;;;;+1;/p-1. The molecule has 4 aliphatic carbocycles. The van der Waals surface area contributed by atoms with E-state index in [9.17, 15) is 19.2 Å². The summed E-state index contributed by atoms with van der Waals surface area (Å²) >= 11 is 0. The van der Waals surface area contributed by atoms with Gasteiger partial charge in [0.15, 0.2) is 0 Å². The summed E-state index contributed by atoms with van der Waals surface area (Å²) in [6, 6.07) is 27.6. The molecule has 4 fully saturated rings. The molecule has 26 heteroatoms. The van der Waals surface area contributed by atoms with E-state index in [4.69, 9.17) is 35.2 Å². The average Bonchev–Trinajstić information content (AvgIpc) is 1.58. The van der Waals surface area contributed by atoms with Crippen molar-refractivity contribution < 1.29 is 99.7 Å². The molecule has 0 atom stereocenters. The minimum absolute atomic E-state index is 0. The van der Waals surface area contributed by atoms with Crippen LogP contribution in [0, 0.1) is 26.7 Å². The number of anilines is 9. The Bertz CT molecular complexity index is 4460. The number of carbonyl (C=O) groups excluding carboxylic acids is 4. The Morgan fingerprint density at radius 1 is 0.490 bits per heavy atom. The van der Waals surface area contributed by atoms with E-state index in [2.05, 4.69) is 73.5 Å². The maximum atomic E-state index is 14.0. The number of hydrogen-bond acceptors (Lipinski definition) is 21. The molecule has 3 spiro atoms. The van der Waals surface area contributed by atoms with Gasteiger partial charge in [-0.05, 0) is 142 Å². The van der Waals surface area contributed by atoms with Gasteiger partial charge < -0.3 is 77.0 Å². The first kappa shape index (κ1) is 77.4. The molecule has 0 bridgehead atoms. The van der Waals surface area contributed by atoms with E-state index < -0.39 is 5.54 Å². The summed E-state index contributed by atoms with van der Waals surface area (Å²) in [5.41, 5.74) is 22.7. The summed E-state index contributed by atoms with van der Waals surface area (Å²) in [5, 5.41) is 16.3. The maximum absolute atomic E-state index is 14.0. The van der Waals surface area contributed by atoms with Crippen LogP contribution in [0.1, 0.15) is 192 Å². The number of fused-ring (bicyclic) bond motifs is 6. The summed E-state index contributed by atoms with van der Waals surface area (Å²) in [6.45, 7) is 6.68. The van der Waals surface area contributed by atoms with Crippen molar-refractivity contribution in [1.29, 1.82) is 0 Å². The first-order chi connectivity index (χ1) is 48.9. The maximum Gasteiger partial charge on any atom is 1.00 e. The van der Waals surface area contributed by atoms with Gasteiger partial charge in [-0.25, -0.2) is 29.9 Å². The molecule has 10 N–H and O–H groups in total. The van der Waals surface area contributed by atoms with Crippen LogP contribution in [0.15, 0.2) is 104 Å². The van der Waals surface area contributed by atoms with Crippen LogP contribution in [0.4, 0.5) is 52.0 Å². The van der Waals surface area contributed by atoms with Crippen LogP contribution in [0.25, 0.3) is 0 Å². The minimum Gasteiger partial charge on any atom is -0.870 e. The Morgan fingerprint density at radius 2 is 0.856 bits per heavy atom. The summed E-state index contributed by atoms with van der Waals surface area (Å²) < 4.78 is 27.7. The number of amides is 4. The normalized spacial score (nSPS) is 16.6. The fraction of sp³-hybridized carbons (Fsp3) is 0.410. The number of ether oxygens (including phenoxy) is 5. The number of nitrogens with zero attached hydrogens (tertiary/aromatic N) is 8. The number of carbonyl (C=O) groups is 4. The van der Waals surface area contributed by atoms with E-state index in [1.54, 1.807) is 35.5 Å². The van der Waals surface area contributed by atoms with E-state index >= 15 is 0 Å². The molecule has 3 aromatic heterocycles. The van der Waals surface area contributed by atoms with Crippen LogP contribution in [-0.2, 0) is 34.5 Å². The molecule has 104 heavy (non-hydrogen) atoms. The Labute approximate surface area is 650 Å². The first-order valence-corrected chi connectivity index (χ1v) is 34.9. The molecule has 4 saturated carbocycles. The van der Waals surface area contributed by atoms with E-state index in [-0.39, 0.29) is 105 Å². The Hall–Kier alpha value is -9.18. The van der Waals surface area contributed by atoms with Crippen molar-refractivity contribution in [3.05, 3.63) is 165 Å². The van der Waals surface area contributed by atoms with Gasteiger partial charge in [-0.3, -0.25) is 19.2 Å². The second-order valence-electron chi connectivity index (χ2n) is 27.4. The van der Waals surface area contributed by atoms with Gasteiger partial charge in [0.25, 0.3) is 17.7 Å². The van der Waals surface area contributed by atoms with Crippen LogP contribution in [0.5, 0.6) is 28.7 Å². The molecule has 5 aromatic carbocycles. The predicted molar refractivity (Wildman–Crippen MR) is 395 cm³/mol. The third kappa shape index (κ3) is 15.2. The van der Waals surface area contributed by atoms with Gasteiger partial charge in [0.2, 0.25) is 5.91 Å². The van der Waals surface area contributed by atoms with Crippen molar-refractivity contribution in [2.45, 2.75) is 167 Å². The Kier molecular flexibility index (Phi) is 24.5. The first-order valence-electron chi connectivity index (χ1n) is 34.9. The van der Waals surface area contributed by atoms with E-state index in [1.807, 2.05) is 98.5 Å². The van der Waals surface area contributed by atoms with Crippen LogP contribution in [0.2, 0.25) is 0 Å². The quantitative estimate of drug-likeness (QED) is 0.0416. The number of nitrogens with two attached hydrogens (primary N) is 2. The Balaban J connectivity index is 0.000000168. The van der Waals surface area contributed by atoms with E-state index in [1.165, 1.54) is 31.8 Å². The minimum atomic E-state index is -0.403. The van der Waals surface area contributed by atoms with Gasteiger partial charge in [-0.1, -0.05) is 89.5 Å². The third-order valence-electron chi connectivity index (χ3n) is 21.4. The fourth-order valence-electron chi connectivity index (χ4n) is 15.7. The van der Waals surface area contributed by atoms with Crippen LogP contribution in [-0.4, -0.2) is 104 Å². The second kappa shape index (κ2) is 32.9.